The lowest BCUT2D eigenvalue weighted by Crippen LogP contribution is -1.94. The van der Waals surface area contributed by atoms with Gasteiger partial charge in [0.25, 0.3) is 0 Å². The molecule has 1 nitrogen and oxygen atoms in total. The van der Waals surface area contributed by atoms with Crippen molar-refractivity contribution in [1.29, 1.82) is 0 Å². The first-order valence-electron chi connectivity index (χ1n) is 4.54. The fourth-order valence-electron chi connectivity index (χ4n) is 0.936. The first-order valence-corrected chi connectivity index (χ1v) is 5.42. The molecule has 2 heteroatoms. The van der Waals surface area contributed by atoms with Crippen molar-refractivity contribution in [3.8, 4) is 18.1 Å². The van der Waals surface area contributed by atoms with E-state index in [0.29, 0.717) is 0 Å². The zero-order valence-electron chi connectivity index (χ0n) is 8.19. The van der Waals surface area contributed by atoms with Crippen molar-refractivity contribution in [2.75, 3.05) is 6.61 Å². The largest absolute Gasteiger partial charge is 0.494 e. The third-order valence-electron chi connectivity index (χ3n) is 1.56. The van der Waals surface area contributed by atoms with Gasteiger partial charge in [0.1, 0.15) is 5.75 Å². The smallest absolute Gasteiger partial charge is 0.119 e. The van der Waals surface area contributed by atoms with Gasteiger partial charge in [-0.15, -0.1) is 18.2 Å². The molecule has 1 aromatic rings. The molecule has 0 amide bonds. The molecule has 0 saturated carbocycles. The second-order valence-corrected chi connectivity index (χ2v) is 3.67. The van der Waals surface area contributed by atoms with Crippen molar-refractivity contribution in [3.63, 3.8) is 0 Å². The number of thioether (sulfide) groups is 1. The van der Waals surface area contributed by atoms with Gasteiger partial charge in [-0.25, -0.2) is 0 Å². The van der Waals surface area contributed by atoms with Crippen LogP contribution in [0.4, 0.5) is 0 Å². The summed E-state index contributed by atoms with van der Waals surface area (Å²) in [5.41, 5.74) is 0. The van der Waals surface area contributed by atoms with Gasteiger partial charge in [-0.1, -0.05) is 12.8 Å². The normalized spacial score (nSPS) is 9.43. The minimum atomic E-state index is 0.767. The van der Waals surface area contributed by atoms with Crippen LogP contribution in [0.2, 0.25) is 0 Å². The monoisotopic (exact) mass is 205 g/mol. The third kappa shape index (κ3) is 3.76. The molecule has 14 heavy (non-hydrogen) atoms. The van der Waals surface area contributed by atoms with Crippen molar-refractivity contribution < 1.29 is 4.74 Å². The Morgan fingerprint density at radius 3 is 2.71 bits per heavy atom. The number of rotatable bonds is 5. The Morgan fingerprint density at radius 1 is 1.43 bits per heavy atom. The minimum absolute atomic E-state index is 0.767. The maximum atomic E-state index is 5.45. The van der Waals surface area contributed by atoms with E-state index >= 15 is 0 Å². The molecule has 0 spiro atoms. The van der Waals surface area contributed by atoms with Gasteiger partial charge in [0.2, 0.25) is 0 Å². The second-order valence-electron chi connectivity index (χ2n) is 2.72. The molecule has 0 fully saturated rings. The molecule has 0 atom stereocenters. The highest BCUT2D eigenvalue weighted by Crippen LogP contribution is 2.22. The fraction of sp³-hybridized carbons (Fsp3) is 0.250. The zero-order chi connectivity index (χ0) is 10.2. The standard InChI is InChI=1S/C12H13OS/c1-3-9-13-11-5-7-12(8-6-11)14-10-4-2/h2,5-8,10H,3,9H2,1H3. The van der Waals surface area contributed by atoms with Crippen LogP contribution in [0.3, 0.4) is 0 Å². The van der Waals surface area contributed by atoms with Crippen molar-refractivity contribution in [3.05, 3.63) is 30.0 Å². The molecule has 0 aliphatic rings. The van der Waals surface area contributed by atoms with Gasteiger partial charge in [0, 0.05) is 4.90 Å². The predicted molar refractivity (Wildman–Crippen MR) is 61.2 cm³/mol. The van der Waals surface area contributed by atoms with E-state index in [0.717, 1.165) is 23.7 Å². The zero-order valence-corrected chi connectivity index (χ0v) is 9.01. The molecule has 0 heterocycles. The van der Waals surface area contributed by atoms with E-state index in [1.54, 1.807) is 5.75 Å². The summed E-state index contributed by atoms with van der Waals surface area (Å²) in [6.07, 6.45) is 6.15. The first-order chi connectivity index (χ1) is 6.86. The highest BCUT2D eigenvalue weighted by atomic mass is 32.2. The van der Waals surface area contributed by atoms with E-state index in [4.69, 9.17) is 11.2 Å². The third-order valence-corrected chi connectivity index (χ3v) is 2.36. The van der Waals surface area contributed by atoms with Gasteiger partial charge >= 0.3 is 0 Å². The molecule has 0 aliphatic heterocycles. The highest BCUT2D eigenvalue weighted by Gasteiger charge is 1.94. The summed E-state index contributed by atoms with van der Waals surface area (Å²) in [6.45, 7) is 2.86. The minimum Gasteiger partial charge on any atom is -0.494 e. The van der Waals surface area contributed by atoms with Crippen LogP contribution in [0, 0.1) is 18.1 Å². The molecule has 0 N–H and O–H groups in total. The van der Waals surface area contributed by atoms with Crippen LogP contribution in [0.1, 0.15) is 13.3 Å². The van der Waals surface area contributed by atoms with E-state index in [9.17, 15) is 0 Å². The number of hydrogen-bond acceptors (Lipinski definition) is 2. The van der Waals surface area contributed by atoms with Gasteiger partial charge in [0.05, 0.1) is 12.4 Å². The molecule has 0 saturated heterocycles. The van der Waals surface area contributed by atoms with Gasteiger partial charge in [0.15, 0.2) is 0 Å². The van der Waals surface area contributed by atoms with Crippen molar-refractivity contribution in [1.82, 2.24) is 0 Å². The number of ether oxygens (including phenoxy) is 1. The Balaban J connectivity index is 2.47. The number of benzene rings is 1. The Kier molecular flexibility index (Phi) is 5.03. The summed E-state index contributed by atoms with van der Waals surface area (Å²) in [5.74, 6) is 5.11. The molecule has 0 aliphatic carbocycles. The lowest BCUT2D eigenvalue weighted by atomic mass is 10.3. The fourth-order valence-corrected chi connectivity index (χ4v) is 1.43. The Bertz CT molecular complexity index is 297. The molecule has 1 rings (SSSR count). The lowest BCUT2D eigenvalue weighted by Gasteiger charge is -2.04. The van der Waals surface area contributed by atoms with Crippen molar-refractivity contribution >= 4 is 11.8 Å². The van der Waals surface area contributed by atoms with Crippen LogP contribution in [-0.2, 0) is 0 Å². The van der Waals surface area contributed by atoms with E-state index in [-0.39, 0.29) is 0 Å². The summed E-state index contributed by atoms with van der Waals surface area (Å²) >= 11 is 1.54. The molecular formula is C12H13OS. The topological polar surface area (TPSA) is 9.23 Å². The van der Waals surface area contributed by atoms with E-state index in [1.807, 2.05) is 24.3 Å². The van der Waals surface area contributed by atoms with Crippen LogP contribution < -0.4 is 4.74 Å². The van der Waals surface area contributed by atoms with Crippen LogP contribution in [0.5, 0.6) is 5.75 Å². The quantitative estimate of drug-likeness (QED) is 0.538. The van der Waals surface area contributed by atoms with Gasteiger partial charge in [-0.3, -0.25) is 0 Å². The summed E-state index contributed by atoms with van der Waals surface area (Å²) in [5, 5.41) is 0. The summed E-state index contributed by atoms with van der Waals surface area (Å²) in [4.78, 5) is 1.13. The maximum absolute atomic E-state index is 5.45. The SMILES string of the molecule is C#C[CH]Sc1ccc(OCCC)cc1. The van der Waals surface area contributed by atoms with Crippen molar-refractivity contribution in [2.45, 2.75) is 18.2 Å². The number of hydrogen-bond donors (Lipinski definition) is 0. The summed E-state index contributed by atoms with van der Waals surface area (Å²) in [6, 6.07) is 7.93. The maximum Gasteiger partial charge on any atom is 0.119 e. The Labute approximate surface area is 89.9 Å². The van der Waals surface area contributed by atoms with Gasteiger partial charge < -0.3 is 4.74 Å². The average molecular weight is 205 g/mol. The molecule has 0 unspecified atom stereocenters. The van der Waals surface area contributed by atoms with Crippen LogP contribution in [0.25, 0.3) is 0 Å². The second kappa shape index (κ2) is 6.39. The van der Waals surface area contributed by atoms with Crippen LogP contribution >= 0.6 is 11.8 Å². The Morgan fingerprint density at radius 2 is 2.14 bits per heavy atom. The molecule has 1 aromatic carbocycles. The predicted octanol–water partition coefficient (Wildman–Crippen LogP) is 3.36. The highest BCUT2D eigenvalue weighted by molar-refractivity contribution is 8.01. The van der Waals surface area contributed by atoms with Crippen LogP contribution in [-0.4, -0.2) is 6.61 Å². The van der Waals surface area contributed by atoms with E-state index in [2.05, 4.69) is 12.8 Å². The van der Waals surface area contributed by atoms with Gasteiger partial charge in [-0.2, -0.15) is 0 Å². The lowest BCUT2D eigenvalue weighted by molar-refractivity contribution is 0.317. The van der Waals surface area contributed by atoms with Crippen LogP contribution in [0.15, 0.2) is 29.2 Å². The van der Waals surface area contributed by atoms with E-state index in [1.165, 1.54) is 11.8 Å². The molecule has 0 bridgehead atoms. The molecule has 1 radical (unpaired) electrons. The first kappa shape index (κ1) is 11.0. The van der Waals surface area contributed by atoms with Gasteiger partial charge in [-0.05, 0) is 30.7 Å². The van der Waals surface area contributed by atoms with E-state index < -0.39 is 0 Å². The Hall–Kier alpha value is -1.07. The summed E-state index contributed by atoms with van der Waals surface area (Å²) < 4.78 is 5.45. The van der Waals surface area contributed by atoms with Crippen molar-refractivity contribution in [2.24, 2.45) is 0 Å². The summed E-state index contributed by atoms with van der Waals surface area (Å²) in [7, 11) is 0. The molecule has 73 valence electrons. The molecule has 0 aromatic heterocycles. The molecular weight excluding hydrogens is 192 g/mol. The average Bonchev–Trinajstić information content (AvgIpc) is 2.25. The number of terminal acetylenes is 1.